The lowest BCUT2D eigenvalue weighted by Crippen LogP contribution is -2.28. The van der Waals surface area contributed by atoms with Crippen LogP contribution in [0.15, 0.2) is 15.6 Å². The van der Waals surface area contributed by atoms with E-state index in [1.54, 1.807) is 18.9 Å². The molecule has 0 bridgehead atoms. The van der Waals surface area contributed by atoms with E-state index < -0.39 is 0 Å². The molecule has 1 aliphatic rings. The van der Waals surface area contributed by atoms with Crippen LogP contribution in [0.2, 0.25) is 0 Å². The highest BCUT2D eigenvalue weighted by atomic mass is 32.2. The molecule has 5 nitrogen and oxygen atoms in total. The number of ether oxygens (including phenoxy) is 1. The summed E-state index contributed by atoms with van der Waals surface area (Å²) in [5.41, 5.74) is 0.894. The smallest absolute Gasteiger partial charge is 0.158 e. The highest BCUT2D eigenvalue weighted by molar-refractivity contribution is 8.14. The SMILES string of the molecule is COCCC1CSC(=NCc2cc(C)no2)N1. The summed E-state index contributed by atoms with van der Waals surface area (Å²) in [7, 11) is 1.73. The zero-order valence-electron chi connectivity index (χ0n) is 10.1. The van der Waals surface area contributed by atoms with Gasteiger partial charge >= 0.3 is 0 Å². The summed E-state index contributed by atoms with van der Waals surface area (Å²) in [5.74, 6) is 1.86. The summed E-state index contributed by atoms with van der Waals surface area (Å²) >= 11 is 1.75. The van der Waals surface area contributed by atoms with Crippen molar-refractivity contribution in [1.82, 2.24) is 10.5 Å². The molecule has 1 unspecified atom stereocenters. The number of aliphatic imine (C=N–C) groups is 1. The summed E-state index contributed by atoms with van der Waals surface area (Å²) in [5, 5.41) is 8.19. The van der Waals surface area contributed by atoms with E-state index in [1.807, 2.05) is 13.0 Å². The van der Waals surface area contributed by atoms with E-state index in [1.165, 1.54) is 0 Å². The van der Waals surface area contributed by atoms with Crippen LogP contribution >= 0.6 is 11.8 Å². The zero-order valence-corrected chi connectivity index (χ0v) is 10.9. The first-order chi connectivity index (χ1) is 8.28. The van der Waals surface area contributed by atoms with Gasteiger partial charge in [0.05, 0.1) is 5.69 Å². The van der Waals surface area contributed by atoms with E-state index in [-0.39, 0.29) is 0 Å². The molecule has 1 atom stereocenters. The van der Waals surface area contributed by atoms with Gasteiger partial charge in [-0.25, -0.2) is 0 Å². The molecule has 1 aromatic heterocycles. The van der Waals surface area contributed by atoms with E-state index in [0.29, 0.717) is 12.6 Å². The number of nitrogens with one attached hydrogen (secondary N) is 1. The molecular formula is C11H17N3O2S. The van der Waals surface area contributed by atoms with Crippen LogP contribution in [-0.4, -0.2) is 35.8 Å². The second-order valence-electron chi connectivity index (χ2n) is 3.99. The van der Waals surface area contributed by atoms with Gasteiger partial charge < -0.3 is 14.6 Å². The van der Waals surface area contributed by atoms with E-state index in [4.69, 9.17) is 9.26 Å². The molecule has 94 valence electrons. The molecule has 1 N–H and O–H groups in total. The fourth-order valence-electron chi connectivity index (χ4n) is 1.58. The molecule has 17 heavy (non-hydrogen) atoms. The number of rotatable bonds is 5. The van der Waals surface area contributed by atoms with Crippen molar-refractivity contribution < 1.29 is 9.26 Å². The molecule has 1 saturated heterocycles. The Bertz CT molecular complexity index is 392. The van der Waals surface area contributed by atoms with E-state index in [0.717, 1.165) is 35.4 Å². The van der Waals surface area contributed by atoms with Crippen LogP contribution in [0.25, 0.3) is 0 Å². The first-order valence-electron chi connectivity index (χ1n) is 5.63. The lowest BCUT2D eigenvalue weighted by Gasteiger charge is -2.07. The number of amidine groups is 1. The maximum atomic E-state index is 5.10. The van der Waals surface area contributed by atoms with E-state index in [9.17, 15) is 0 Å². The number of hydrogen-bond acceptors (Lipinski definition) is 5. The van der Waals surface area contributed by atoms with Crippen molar-refractivity contribution in [2.45, 2.75) is 25.9 Å². The van der Waals surface area contributed by atoms with Gasteiger partial charge in [0.1, 0.15) is 6.54 Å². The normalized spacial score (nSPS) is 22.0. The number of nitrogens with zero attached hydrogens (tertiary/aromatic N) is 2. The van der Waals surface area contributed by atoms with Crippen molar-refractivity contribution in [3.8, 4) is 0 Å². The van der Waals surface area contributed by atoms with Crippen molar-refractivity contribution in [2.24, 2.45) is 4.99 Å². The Morgan fingerprint density at radius 1 is 1.71 bits per heavy atom. The van der Waals surface area contributed by atoms with Crippen molar-refractivity contribution in [1.29, 1.82) is 0 Å². The van der Waals surface area contributed by atoms with Gasteiger partial charge in [-0.05, 0) is 13.3 Å². The minimum Gasteiger partial charge on any atom is -0.385 e. The van der Waals surface area contributed by atoms with Gasteiger partial charge in [-0.15, -0.1) is 0 Å². The first kappa shape index (κ1) is 12.4. The van der Waals surface area contributed by atoms with E-state index in [2.05, 4.69) is 15.5 Å². The van der Waals surface area contributed by atoms with Crippen LogP contribution in [0.1, 0.15) is 17.9 Å². The molecule has 0 aromatic carbocycles. The average molecular weight is 255 g/mol. The number of aromatic nitrogens is 1. The van der Waals surface area contributed by atoms with Crippen LogP contribution in [0.4, 0.5) is 0 Å². The number of aryl methyl sites for hydroxylation is 1. The number of hydrogen-bond donors (Lipinski definition) is 1. The maximum absolute atomic E-state index is 5.10. The molecule has 0 amide bonds. The standard InChI is InChI=1S/C11H17N3O2S/c1-8-5-10(16-14-8)6-12-11-13-9(7-17-11)3-4-15-2/h5,9H,3-4,6-7H2,1-2H3,(H,12,13). The summed E-state index contributed by atoms with van der Waals surface area (Å²) in [4.78, 5) is 4.46. The van der Waals surface area contributed by atoms with Gasteiger partial charge in [0.2, 0.25) is 0 Å². The number of thioether (sulfide) groups is 1. The maximum Gasteiger partial charge on any atom is 0.158 e. The summed E-state index contributed by atoms with van der Waals surface area (Å²) in [6, 6.07) is 2.38. The molecule has 0 spiro atoms. The Labute approximate surface area is 105 Å². The molecule has 1 aliphatic heterocycles. The second kappa shape index (κ2) is 6.07. The Hall–Kier alpha value is -1.01. The van der Waals surface area contributed by atoms with Crippen molar-refractivity contribution in [3.63, 3.8) is 0 Å². The third-order valence-corrected chi connectivity index (χ3v) is 3.56. The molecule has 0 radical (unpaired) electrons. The third kappa shape index (κ3) is 3.74. The molecule has 2 rings (SSSR count). The largest absolute Gasteiger partial charge is 0.385 e. The van der Waals surface area contributed by atoms with E-state index >= 15 is 0 Å². The summed E-state index contributed by atoms with van der Waals surface area (Å²) < 4.78 is 10.2. The van der Waals surface area contributed by atoms with Gasteiger partial charge in [0.25, 0.3) is 0 Å². The Balaban J connectivity index is 1.79. The highest BCUT2D eigenvalue weighted by Gasteiger charge is 2.19. The monoisotopic (exact) mass is 255 g/mol. The Morgan fingerprint density at radius 3 is 3.29 bits per heavy atom. The van der Waals surface area contributed by atoms with Gasteiger partial charge in [0, 0.05) is 31.6 Å². The van der Waals surface area contributed by atoms with Gasteiger partial charge in [0.15, 0.2) is 10.9 Å². The molecule has 6 heteroatoms. The number of methoxy groups -OCH3 is 1. The van der Waals surface area contributed by atoms with Crippen LogP contribution < -0.4 is 5.32 Å². The van der Waals surface area contributed by atoms with Gasteiger partial charge in [-0.3, -0.25) is 4.99 Å². The molecule has 1 fully saturated rings. The molecule has 2 heterocycles. The third-order valence-electron chi connectivity index (χ3n) is 2.47. The minimum atomic E-state index is 0.468. The van der Waals surface area contributed by atoms with Crippen LogP contribution in [0.5, 0.6) is 0 Å². The van der Waals surface area contributed by atoms with Crippen LogP contribution in [0.3, 0.4) is 0 Å². The van der Waals surface area contributed by atoms with Crippen molar-refractivity contribution in [2.75, 3.05) is 19.5 Å². The summed E-state index contributed by atoms with van der Waals surface area (Å²) in [6.45, 7) is 3.24. The highest BCUT2D eigenvalue weighted by Crippen LogP contribution is 2.16. The zero-order chi connectivity index (χ0) is 12.1. The topological polar surface area (TPSA) is 59.7 Å². The quantitative estimate of drug-likeness (QED) is 0.865. The van der Waals surface area contributed by atoms with Crippen molar-refractivity contribution in [3.05, 3.63) is 17.5 Å². The van der Waals surface area contributed by atoms with Crippen LogP contribution in [-0.2, 0) is 11.3 Å². The molecular weight excluding hydrogens is 238 g/mol. The van der Waals surface area contributed by atoms with Gasteiger partial charge in [-0.2, -0.15) is 0 Å². The lowest BCUT2D eigenvalue weighted by molar-refractivity contribution is 0.188. The molecule has 0 saturated carbocycles. The Kier molecular flexibility index (Phi) is 4.44. The summed E-state index contributed by atoms with van der Waals surface area (Å²) in [6.07, 6.45) is 1.02. The van der Waals surface area contributed by atoms with Crippen molar-refractivity contribution >= 4 is 16.9 Å². The first-order valence-corrected chi connectivity index (χ1v) is 6.61. The fourth-order valence-corrected chi connectivity index (χ4v) is 2.60. The lowest BCUT2D eigenvalue weighted by atomic mass is 10.2. The molecule has 0 aliphatic carbocycles. The predicted octanol–water partition coefficient (Wildman–Crippen LogP) is 1.58. The minimum absolute atomic E-state index is 0.468. The molecule has 1 aromatic rings. The Morgan fingerprint density at radius 2 is 2.59 bits per heavy atom. The predicted molar refractivity (Wildman–Crippen MR) is 68.3 cm³/mol. The average Bonchev–Trinajstić information content (AvgIpc) is 2.93. The van der Waals surface area contributed by atoms with Gasteiger partial charge in [-0.1, -0.05) is 16.9 Å². The fraction of sp³-hybridized carbons (Fsp3) is 0.636. The second-order valence-corrected chi connectivity index (χ2v) is 5.00. The van der Waals surface area contributed by atoms with Crippen LogP contribution in [0, 0.1) is 6.92 Å².